The van der Waals surface area contributed by atoms with E-state index in [1.165, 1.54) is 12.8 Å². The van der Waals surface area contributed by atoms with E-state index in [1.807, 2.05) is 42.5 Å². The molecule has 2 heterocycles. The van der Waals surface area contributed by atoms with E-state index in [0.717, 1.165) is 41.5 Å². The van der Waals surface area contributed by atoms with Gasteiger partial charge in [-0.25, -0.2) is 4.98 Å². The summed E-state index contributed by atoms with van der Waals surface area (Å²) in [5.74, 6) is -0.0391. The molecule has 0 unspecified atom stereocenters. The van der Waals surface area contributed by atoms with Gasteiger partial charge in [-0.05, 0) is 36.1 Å². The van der Waals surface area contributed by atoms with E-state index in [4.69, 9.17) is 4.98 Å². The number of nitrogens with zero attached hydrogens (tertiary/aromatic N) is 2. The molecule has 1 amide bonds. The fourth-order valence-corrected chi connectivity index (χ4v) is 4.26. The van der Waals surface area contributed by atoms with Gasteiger partial charge in [0.25, 0.3) is 5.91 Å². The first-order valence-corrected chi connectivity index (χ1v) is 10.3. The Morgan fingerprint density at radius 2 is 1.81 bits per heavy atom. The van der Waals surface area contributed by atoms with Crippen LogP contribution in [0.4, 0.5) is 5.13 Å². The lowest BCUT2D eigenvalue weighted by Crippen LogP contribution is -2.25. The Labute approximate surface area is 163 Å². The summed E-state index contributed by atoms with van der Waals surface area (Å²) in [7, 11) is 0. The molecular formula is C22H23N3OS. The second-order valence-corrected chi connectivity index (χ2v) is 7.60. The van der Waals surface area contributed by atoms with Crippen LogP contribution >= 0.6 is 11.3 Å². The number of amides is 1. The van der Waals surface area contributed by atoms with Crippen molar-refractivity contribution in [2.24, 2.45) is 0 Å². The zero-order valence-corrected chi connectivity index (χ0v) is 16.0. The second kappa shape index (κ2) is 8.35. The van der Waals surface area contributed by atoms with Crippen molar-refractivity contribution in [2.45, 2.75) is 19.3 Å². The number of nitrogens with one attached hydrogen (secondary N) is 1. The molecule has 0 saturated carbocycles. The van der Waals surface area contributed by atoms with Crippen molar-refractivity contribution >= 4 is 22.4 Å². The number of benzene rings is 2. The highest BCUT2D eigenvalue weighted by molar-refractivity contribution is 7.13. The predicted molar refractivity (Wildman–Crippen MR) is 111 cm³/mol. The van der Waals surface area contributed by atoms with Gasteiger partial charge in [-0.1, -0.05) is 42.5 Å². The van der Waals surface area contributed by atoms with Crippen molar-refractivity contribution in [3.63, 3.8) is 0 Å². The van der Waals surface area contributed by atoms with Gasteiger partial charge in [-0.3, -0.25) is 4.79 Å². The van der Waals surface area contributed by atoms with Crippen molar-refractivity contribution in [3.05, 3.63) is 71.2 Å². The Kier molecular flexibility index (Phi) is 5.49. The lowest BCUT2D eigenvalue weighted by Gasteiger charge is -2.12. The predicted octanol–water partition coefficient (Wildman–Crippen LogP) is 4.38. The monoisotopic (exact) mass is 377 g/mol. The number of carbonyl (C=O) groups excluding carboxylic acids is 1. The molecule has 1 aliphatic rings. The number of rotatable bonds is 6. The van der Waals surface area contributed by atoms with Gasteiger partial charge in [0.1, 0.15) is 0 Å². The molecule has 0 bridgehead atoms. The highest BCUT2D eigenvalue weighted by Gasteiger charge is 2.15. The van der Waals surface area contributed by atoms with Crippen molar-refractivity contribution < 1.29 is 4.79 Å². The molecule has 1 N–H and O–H groups in total. The van der Waals surface area contributed by atoms with Crippen LogP contribution in [0.2, 0.25) is 0 Å². The number of thiazole rings is 1. The number of hydrogen-bond acceptors (Lipinski definition) is 4. The van der Waals surface area contributed by atoms with E-state index in [0.29, 0.717) is 12.1 Å². The van der Waals surface area contributed by atoms with E-state index in [1.54, 1.807) is 11.3 Å². The van der Waals surface area contributed by atoms with Crippen LogP contribution in [-0.2, 0) is 6.42 Å². The Bertz CT molecular complexity index is 901. The number of hydrogen-bond donors (Lipinski definition) is 1. The summed E-state index contributed by atoms with van der Waals surface area (Å²) in [6.07, 6.45) is 3.27. The van der Waals surface area contributed by atoms with E-state index in [-0.39, 0.29) is 5.91 Å². The highest BCUT2D eigenvalue weighted by atomic mass is 32.1. The number of carbonyl (C=O) groups is 1. The summed E-state index contributed by atoms with van der Waals surface area (Å²) in [5, 5.41) is 6.24. The summed E-state index contributed by atoms with van der Waals surface area (Å²) in [6, 6.07) is 17.9. The van der Waals surface area contributed by atoms with Crippen LogP contribution in [0.3, 0.4) is 0 Å². The Morgan fingerprint density at radius 1 is 1.04 bits per heavy atom. The van der Waals surface area contributed by atoms with Gasteiger partial charge >= 0.3 is 0 Å². The van der Waals surface area contributed by atoms with Crippen molar-refractivity contribution in [1.29, 1.82) is 0 Å². The first-order chi connectivity index (χ1) is 13.3. The Hall–Kier alpha value is -2.66. The smallest absolute Gasteiger partial charge is 0.251 e. The average Bonchev–Trinajstić information content (AvgIpc) is 3.40. The van der Waals surface area contributed by atoms with Crippen LogP contribution in [0.15, 0.2) is 60.0 Å². The minimum atomic E-state index is -0.0391. The van der Waals surface area contributed by atoms with Gasteiger partial charge in [0.2, 0.25) is 0 Å². The zero-order chi connectivity index (χ0) is 18.5. The SMILES string of the molecule is O=C(NCCc1csc(N2CCCC2)n1)c1cccc(-c2ccccc2)c1. The molecule has 0 spiro atoms. The molecule has 1 saturated heterocycles. The summed E-state index contributed by atoms with van der Waals surface area (Å²) in [4.78, 5) is 19.6. The first kappa shape index (κ1) is 17.7. The van der Waals surface area contributed by atoms with Gasteiger partial charge in [0, 0.05) is 37.0 Å². The quantitative estimate of drug-likeness (QED) is 0.693. The average molecular weight is 378 g/mol. The molecule has 1 aromatic heterocycles. The molecule has 138 valence electrons. The van der Waals surface area contributed by atoms with E-state index >= 15 is 0 Å². The summed E-state index contributed by atoms with van der Waals surface area (Å²) >= 11 is 1.70. The van der Waals surface area contributed by atoms with E-state index < -0.39 is 0 Å². The van der Waals surface area contributed by atoms with E-state index in [9.17, 15) is 4.79 Å². The van der Waals surface area contributed by atoms with E-state index in [2.05, 4.69) is 27.7 Å². The van der Waals surface area contributed by atoms with Crippen molar-refractivity contribution in [1.82, 2.24) is 10.3 Å². The van der Waals surface area contributed by atoms with Crippen LogP contribution in [0.1, 0.15) is 28.9 Å². The molecule has 1 aliphatic heterocycles. The normalized spacial score (nSPS) is 13.7. The fraction of sp³-hybridized carbons (Fsp3) is 0.273. The third-order valence-corrected chi connectivity index (χ3v) is 5.77. The fourth-order valence-electron chi connectivity index (χ4n) is 3.34. The lowest BCUT2D eigenvalue weighted by molar-refractivity contribution is 0.0954. The molecule has 4 nitrogen and oxygen atoms in total. The first-order valence-electron chi connectivity index (χ1n) is 9.43. The molecule has 0 aliphatic carbocycles. The van der Waals surface area contributed by atoms with Gasteiger partial charge < -0.3 is 10.2 Å². The highest BCUT2D eigenvalue weighted by Crippen LogP contribution is 2.24. The third-order valence-electron chi connectivity index (χ3n) is 4.81. The molecule has 1 fully saturated rings. The number of anilines is 1. The van der Waals surface area contributed by atoms with Crippen LogP contribution < -0.4 is 10.2 Å². The van der Waals surface area contributed by atoms with Crippen LogP contribution in [-0.4, -0.2) is 30.5 Å². The van der Waals surface area contributed by atoms with Crippen LogP contribution in [0.5, 0.6) is 0 Å². The minimum Gasteiger partial charge on any atom is -0.352 e. The third kappa shape index (κ3) is 4.37. The van der Waals surface area contributed by atoms with Gasteiger partial charge in [-0.2, -0.15) is 0 Å². The van der Waals surface area contributed by atoms with Gasteiger partial charge in [0.05, 0.1) is 5.69 Å². The van der Waals surface area contributed by atoms with Crippen molar-refractivity contribution in [3.8, 4) is 11.1 Å². The lowest BCUT2D eigenvalue weighted by atomic mass is 10.0. The van der Waals surface area contributed by atoms with Crippen LogP contribution in [0.25, 0.3) is 11.1 Å². The maximum absolute atomic E-state index is 12.5. The summed E-state index contributed by atoms with van der Waals surface area (Å²) < 4.78 is 0. The maximum Gasteiger partial charge on any atom is 0.251 e. The molecule has 27 heavy (non-hydrogen) atoms. The number of aromatic nitrogens is 1. The molecular weight excluding hydrogens is 354 g/mol. The minimum absolute atomic E-state index is 0.0391. The maximum atomic E-state index is 12.5. The molecule has 0 radical (unpaired) electrons. The van der Waals surface area contributed by atoms with Gasteiger partial charge in [0.15, 0.2) is 5.13 Å². The molecule has 4 rings (SSSR count). The Morgan fingerprint density at radius 3 is 2.63 bits per heavy atom. The molecule has 5 heteroatoms. The molecule has 3 aromatic rings. The summed E-state index contributed by atoms with van der Waals surface area (Å²) in [5.41, 5.74) is 3.91. The van der Waals surface area contributed by atoms with Gasteiger partial charge in [-0.15, -0.1) is 11.3 Å². The Balaban J connectivity index is 1.33. The molecule has 0 atom stereocenters. The van der Waals surface area contributed by atoms with Crippen LogP contribution in [0, 0.1) is 0 Å². The van der Waals surface area contributed by atoms with Crippen molar-refractivity contribution in [2.75, 3.05) is 24.5 Å². The largest absolute Gasteiger partial charge is 0.352 e. The molecule has 2 aromatic carbocycles. The standard InChI is InChI=1S/C22H23N3OS/c26-21(19-10-6-9-18(15-19)17-7-2-1-3-8-17)23-12-11-20-16-27-22(24-20)25-13-4-5-14-25/h1-3,6-10,15-16H,4-5,11-14H2,(H,23,26). The zero-order valence-electron chi connectivity index (χ0n) is 15.2. The summed E-state index contributed by atoms with van der Waals surface area (Å²) in [6.45, 7) is 2.82. The second-order valence-electron chi connectivity index (χ2n) is 6.77. The topological polar surface area (TPSA) is 45.2 Å².